The van der Waals surface area contributed by atoms with Crippen molar-refractivity contribution >= 4 is 11.7 Å². The topological polar surface area (TPSA) is 81.1 Å². The van der Waals surface area contributed by atoms with E-state index in [-0.39, 0.29) is 12.1 Å². The predicted octanol–water partition coefficient (Wildman–Crippen LogP) is 1.52. The number of rotatable bonds is 4. The minimum atomic E-state index is -0.235. The fourth-order valence-electron chi connectivity index (χ4n) is 2.29. The molecule has 1 atom stereocenters. The van der Waals surface area contributed by atoms with Crippen LogP contribution in [0.25, 0.3) is 0 Å². The Morgan fingerprint density at radius 3 is 3.10 bits per heavy atom. The van der Waals surface area contributed by atoms with E-state index in [4.69, 9.17) is 4.74 Å². The Balaban J connectivity index is 1.54. The van der Waals surface area contributed by atoms with Crippen LogP contribution < -0.4 is 10.6 Å². The molecule has 1 aromatic carbocycles. The van der Waals surface area contributed by atoms with E-state index in [9.17, 15) is 4.79 Å². The van der Waals surface area contributed by atoms with E-state index >= 15 is 0 Å². The quantitative estimate of drug-likeness (QED) is 0.893. The smallest absolute Gasteiger partial charge is 0.319 e. The summed E-state index contributed by atoms with van der Waals surface area (Å²) < 4.78 is 7.03. The summed E-state index contributed by atoms with van der Waals surface area (Å²) in [5.41, 5.74) is 3.08. The van der Waals surface area contributed by atoms with Gasteiger partial charge in [-0.25, -0.2) is 9.78 Å². The Bertz CT molecular complexity index is 626. The molecule has 0 radical (unpaired) electrons. The Morgan fingerprint density at radius 1 is 1.43 bits per heavy atom. The third-order valence-electron chi connectivity index (χ3n) is 3.28. The molecule has 0 bridgehead atoms. The van der Waals surface area contributed by atoms with Gasteiger partial charge in [0.1, 0.15) is 12.7 Å². The number of nitrogens with one attached hydrogen (secondary N) is 2. The van der Waals surface area contributed by atoms with Crippen LogP contribution in [0.15, 0.2) is 30.9 Å². The van der Waals surface area contributed by atoms with Gasteiger partial charge in [0.25, 0.3) is 0 Å². The average Bonchev–Trinajstić information content (AvgIpc) is 3.08. The van der Waals surface area contributed by atoms with Gasteiger partial charge in [0.15, 0.2) is 0 Å². The van der Waals surface area contributed by atoms with Crippen LogP contribution in [-0.4, -0.2) is 26.8 Å². The standard InChI is InChI=1S/C14H17N5O2/c1-10(5-19-9-15-8-16-19)17-14(20)18-13-3-2-11-6-21-7-12(11)4-13/h2-4,8-10H,5-7H2,1H3,(H2,17,18,20)/t10-/m0/s1. The average molecular weight is 287 g/mol. The second kappa shape index (κ2) is 5.92. The van der Waals surface area contributed by atoms with Crippen LogP contribution in [0.3, 0.4) is 0 Å². The minimum Gasteiger partial charge on any atom is -0.372 e. The van der Waals surface area contributed by atoms with Gasteiger partial charge in [-0.2, -0.15) is 5.10 Å². The van der Waals surface area contributed by atoms with Crippen molar-refractivity contribution in [3.8, 4) is 0 Å². The number of aromatic nitrogens is 3. The van der Waals surface area contributed by atoms with Crippen molar-refractivity contribution in [2.45, 2.75) is 32.7 Å². The maximum absolute atomic E-state index is 12.0. The number of amides is 2. The largest absolute Gasteiger partial charge is 0.372 e. The van der Waals surface area contributed by atoms with Crippen LogP contribution in [0, 0.1) is 0 Å². The summed E-state index contributed by atoms with van der Waals surface area (Å²) in [4.78, 5) is 15.8. The molecular weight excluding hydrogens is 270 g/mol. The van der Waals surface area contributed by atoms with Crippen LogP contribution in [-0.2, 0) is 24.5 Å². The lowest BCUT2D eigenvalue weighted by atomic mass is 10.1. The first-order chi connectivity index (χ1) is 10.2. The summed E-state index contributed by atoms with van der Waals surface area (Å²) in [6.07, 6.45) is 3.09. The van der Waals surface area contributed by atoms with Crippen LogP contribution in [0.2, 0.25) is 0 Å². The number of hydrogen-bond acceptors (Lipinski definition) is 4. The molecule has 0 aliphatic carbocycles. The molecule has 7 heteroatoms. The zero-order chi connectivity index (χ0) is 14.7. The highest BCUT2D eigenvalue weighted by Crippen LogP contribution is 2.23. The van der Waals surface area contributed by atoms with E-state index in [1.165, 1.54) is 11.9 Å². The van der Waals surface area contributed by atoms with Gasteiger partial charge in [0.05, 0.1) is 19.8 Å². The summed E-state index contributed by atoms with van der Waals surface area (Å²) >= 11 is 0. The molecule has 0 fully saturated rings. The molecule has 1 aromatic heterocycles. The molecule has 3 rings (SSSR count). The Hall–Kier alpha value is -2.41. The van der Waals surface area contributed by atoms with Gasteiger partial charge in [0.2, 0.25) is 0 Å². The van der Waals surface area contributed by atoms with Gasteiger partial charge in [0, 0.05) is 11.7 Å². The molecule has 0 unspecified atom stereocenters. The molecular formula is C14H17N5O2. The monoisotopic (exact) mass is 287 g/mol. The number of carbonyl (C=O) groups is 1. The highest BCUT2D eigenvalue weighted by Gasteiger charge is 2.13. The summed E-state index contributed by atoms with van der Waals surface area (Å²) in [6.45, 7) is 3.75. The lowest BCUT2D eigenvalue weighted by Crippen LogP contribution is -2.38. The highest BCUT2D eigenvalue weighted by molar-refractivity contribution is 5.89. The predicted molar refractivity (Wildman–Crippen MR) is 76.6 cm³/mol. The number of ether oxygens (including phenoxy) is 1. The molecule has 21 heavy (non-hydrogen) atoms. The number of hydrogen-bond donors (Lipinski definition) is 2. The number of carbonyl (C=O) groups excluding carboxylic acids is 1. The minimum absolute atomic E-state index is 0.0514. The summed E-state index contributed by atoms with van der Waals surface area (Å²) in [7, 11) is 0. The molecule has 110 valence electrons. The third kappa shape index (κ3) is 3.38. The fraction of sp³-hybridized carbons (Fsp3) is 0.357. The second-order valence-corrected chi connectivity index (χ2v) is 5.09. The number of nitrogens with zero attached hydrogens (tertiary/aromatic N) is 3. The van der Waals surface area contributed by atoms with Crippen LogP contribution in [0.4, 0.5) is 10.5 Å². The fourth-order valence-corrected chi connectivity index (χ4v) is 2.29. The maximum atomic E-state index is 12.0. The van der Waals surface area contributed by atoms with Gasteiger partial charge >= 0.3 is 6.03 Å². The first-order valence-electron chi connectivity index (χ1n) is 6.80. The Morgan fingerprint density at radius 2 is 2.29 bits per heavy atom. The zero-order valence-corrected chi connectivity index (χ0v) is 11.7. The molecule has 2 amide bonds. The highest BCUT2D eigenvalue weighted by atomic mass is 16.5. The van der Waals surface area contributed by atoms with Crippen molar-refractivity contribution < 1.29 is 9.53 Å². The van der Waals surface area contributed by atoms with Crippen molar-refractivity contribution in [2.75, 3.05) is 5.32 Å². The lowest BCUT2D eigenvalue weighted by molar-refractivity contribution is 0.134. The van der Waals surface area contributed by atoms with Gasteiger partial charge < -0.3 is 15.4 Å². The molecule has 2 aromatic rings. The van der Waals surface area contributed by atoms with E-state index in [1.54, 1.807) is 11.0 Å². The van der Waals surface area contributed by atoms with Gasteiger partial charge in [-0.1, -0.05) is 6.07 Å². The van der Waals surface area contributed by atoms with E-state index in [1.807, 2.05) is 25.1 Å². The molecule has 0 spiro atoms. The number of anilines is 1. The molecule has 0 saturated carbocycles. The molecule has 0 saturated heterocycles. The molecule has 1 aliphatic rings. The lowest BCUT2D eigenvalue weighted by Gasteiger charge is -2.14. The molecule has 2 heterocycles. The molecule has 1 aliphatic heterocycles. The van der Waals surface area contributed by atoms with E-state index in [0.717, 1.165) is 11.3 Å². The summed E-state index contributed by atoms with van der Waals surface area (Å²) in [6, 6.07) is 5.53. The van der Waals surface area contributed by atoms with E-state index in [0.29, 0.717) is 19.8 Å². The number of fused-ring (bicyclic) bond motifs is 1. The van der Waals surface area contributed by atoms with Crippen molar-refractivity contribution in [2.24, 2.45) is 0 Å². The summed E-state index contributed by atoms with van der Waals surface area (Å²) in [5.74, 6) is 0. The van der Waals surface area contributed by atoms with Gasteiger partial charge in [-0.05, 0) is 30.2 Å². The van der Waals surface area contributed by atoms with Crippen LogP contribution in [0.5, 0.6) is 0 Å². The van der Waals surface area contributed by atoms with Gasteiger partial charge in [-0.3, -0.25) is 4.68 Å². The zero-order valence-electron chi connectivity index (χ0n) is 11.7. The van der Waals surface area contributed by atoms with Crippen molar-refractivity contribution in [3.05, 3.63) is 42.0 Å². The Labute approximate surface area is 122 Å². The normalized spacial score (nSPS) is 14.5. The molecule has 7 nitrogen and oxygen atoms in total. The third-order valence-corrected chi connectivity index (χ3v) is 3.28. The van der Waals surface area contributed by atoms with Crippen molar-refractivity contribution in [3.63, 3.8) is 0 Å². The number of benzene rings is 1. The van der Waals surface area contributed by atoms with Gasteiger partial charge in [-0.15, -0.1) is 0 Å². The van der Waals surface area contributed by atoms with Crippen molar-refractivity contribution in [1.29, 1.82) is 0 Å². The maximum Gasteiger partial charge on any atom is 0.319 e. The van der Waals surface area contributed by atoms with E-state index < -0.39 is 0 Å². The first kappa shape index (κ1) is 13.6. The SMILES string of the molecule is C[C@@H](Cn1cncn1)NC(=O)Nc1ccc2c(c1)COC2. The van der Waals surface area contributed by atoms with Crippen LogP contribution >= 0.6 is 0 Å². The molecule has 2 N–H and O–H groups in total. The van der Waals surface area contributed by atoms with Crippen molar-refractivity contribution in [1.82, 2.24) is 20.1 Å². The number of urea groups is 1. The van der Waals surface area contributed by atoms with Crippen LogP contribution in [0.1, 0.15) is 18.1 Å². The Kier molecular flexibility index (Phi) is 3.83. The first-order valence-corrected chi connectivity index (χ1v) is 6.80. The van der Waals surface area contributed by atoms with E-state index in [2.05, 4.69) is 20.7 Å². The second-order valence-electron chi connectivity index (χ2n) is 5.09. The summed E-state index contributed by atoms with van der Waals surface area (Å²) in [5, 5.41) is 9.70.